The third kappa shape index (κ3) is 5.06. The third-order valence-corrected chi connectivity index (χ3v) is 7.45. The highest BCUT2D eigenvalue weighted by molar-refractivity contribution is 5.75. The van der Waals surface area contributed by atoms with Gasteiger partial charge < -0.3 is 13.9 Å². The number of rotatable bonds is 7. The van der Waals surface area contributed by atoms with Crippen molar-refractivity contribution in [3.63, 3.8) is 0 Å². The van der Waals surface area contributed by atoms with Crippen LogP contribution in [0.4, 0.5) is 13.2 Å². The van der Waals surface area contributed by atoms with E-state index in [4.69, 9.17) is 9.72 Å². The van der Waals surface area contributed by atoms with Gasteiger partial charge in [0.25, 0.3) is 0 Å². The molecule has 0 spiro atoms. The van der Waals surface area contributed by atoms with Gasteiger partial charge in [-0.2, -0.15) is 13.2 Å². The molecule has 5 aromatic rings. The summed E-state index contributed by atoms with van der Waals surface area (Å²) in [6.07, 6.45) is 1.25. The monoisotopic (exact) mass is 592 g/mol. The molecule has 0 N–H and O–H groups in total. The predicted octanol–water partition coefficient (Wildman–Crippen LogP) is 4.34. The number of alkyl halides is 3. The van der Waals surface area contributed by atoms with Gasteiger partial charge in [-0.25, -0.2) is 24.9 Å². The molecule has 1 saturated carbocycles. The summed E-state index contributed by atoms with van der Waals surface area (Å²) in [5.41, 5.74) is 0.442. The van der Waals surface area contributed by atoms with Crippen LogP contribution in [-0.2, 0) is 19.8 Å². The lowest BCUT2D eigenvalue weighted by atomic mass is 10.1. The summed E-state index contributed by atoms with van der Waals surface area (Å²) in [5.74, 6) is 0.965. The minimum Gasteiger partial charge on any atom is -0.480 e. The maximum absolute atomic E-state index is 13.4. The van der Waals surface area contributed by atoms with Crippen molar-refractivity contribution >= 4 is 11.2 Å². The average Bonchev–Trinajstić information content (AvgIpc) is 3.73. The van der Waals surface area contributed by atoms with Crippen molar-refractivity contribution in [1.82, 2.24) is 38.6 Å². The molecule has 0 saturated heterocycles. The Bertz CT molecular complexity index is 1970. The summed E-state index contributed by atoms with van der Waals surface area (Å²) >= 11 is 0. The zero-order valence-corrected chi connectivity index (χ0v) is 23.8. The summed E-state index contributed by atoms with van der Waals surface area (Å²) in [5, 5.41) is 0. The van der Waals surface area contributed by atoms with E-state index >= 15 is 0 Å². The van der Waals surface area contributed by atoms with Crippen molar-refractivity contribution in [3.8, 4) is 28.7 Å². The molecule has 0 bridgehead atoms. The first-order chi connectivity index (χ1) is 20.5. The van der Waals surface area contributed by atoms with Gasteiger partial charge in [-0.1, -0.05) is 24.3 Å². The minimum absolute atomic E-state index is 0.0214. The number of nitrogens with zero attached hydrogens (tertiary/aromatic N) is 8. The second-order valence-corrected chi connectivity index (χ2v) is 10.7. The zero-order valence-electron chi connectivity index (χ0n) is 23.8. The maximum atomic E-state index is 13.4. The second-order valence-electron chi connectivity index (χ2n) is 10.7. The predicted molar refractivity (Wildman–Crippen MR) is 151 cm³/mol. The first-order valence-electron chi connectivity index (χ1n) is 13.6. The van der Waals surface area contributed by atoms with Crippen molar-refractivity contribution in [2.24, 2.45) is 7.05 Å². The number of benzene rings is 1. The highest BCUT2D eigenvalue weighted by Crippen LogP contribution is 2.44. The average molecular weight is 593 g/mol. The normalized spacial score (nSPS) is 13.7. The molecule has 0 atom stereocenters. The van der Waals surface area contributed by atoms with Gasteiger partial charge in [-0.05, 0) is 32.3 Å². The minimum atomic E-state index is -4.58. The van der Waals surface area contributed by atoms with Crippen molar-refractivity contribution < 1.29 is 17.9 Å². The van der Waals surface area contributed by atoms with Gasteiger partial charge in [-0.3, -0.25) is 14.2 Å². The molecular formula is C29H27F3N8O3. The van der Waals surface area contributed by atoms with E-state index in [0.29, 0.717) is 28.1 Å². The Hall–Kier alpha value is -4.88. The molecule has 6 rings (SSSR count). The third-order valence-electron chi connectivity index (χ3n) is 7.45. The molecule has 0 radical (unpaired) electrons. The number of imidazole rings is 1. The lowest BCUT2D eigenvalue weighted by molar-refractivity contribution is -0.140. The Morgan fingerprint density at radius 3 is 2.37 bits per heavy atom. The van der Waals surface area contributed by atoms with Crippen LogP contribution in [-0.4, -0.2) is 45.7 Å². The number of methoxy groups -OCH3 is 1. The molecule has 14 heteroatoms. The quantitative estimate of drug-likeness (QED) is 0.256. The summed E-state index contributed by atoms with van der Waals surface area (Å²) < 4.78 is 49.6. The number of aryl methyl sites for hydroxylation is 1. The molecule has 1 aliphatic rings. The molecule has 222 valence electrons. The van der Waals surface area contributed by atoms with Gasteiger partial charge >= 0.3 is 17.3 Å². The number of fused-ring (bicyclic) bond motifs is 1. The molecule has 4 aromatic heterocycles. The van der Waals surface area contributed by atoms with Gasteiger partial charge in [0.1, 0.15) is 23.2 Å². The first-order valence-corrected chi connectivity index (χ1v) is 13.6. The van der Waals surface area contributed by atoms with Crippen molar-refractivity contribution in [1.29, 1.82) is 0 Å². The van der Waals surface area contributed by atoms with Gasteiger partial charge in [0.2, 0.25) is 5.88 Å². The summed E-state index contributed by atoms with van der Waals surface area (Å²) in [6, 6.07) is 6.38. The Morgan fingerprint density at radius 1 is 1.02 bits per heavy atom. The topological polar surface area (TPSA) is 123 Å². The lowest BCUT2D eigenvalue weighted by Crippen LogP contribution is -2.41. The van der Waals surface area contributed by atoms with E-state index in [-0.39, 0.29) is 35.8 Å². The summed E-state index contributed by atoms with van der Waals surface area (Å²) in [4.78, 5) is 47.8. The largest absolute Gasteiger partial charge is 0.480 e. The second kappa shape index (κ2) is 10.4. The van der Waals surface area contributed by atoms with Gasteiger partial charge in [0.15, 0.2) is 17.2 Å². The number of ether oxygens (including phenoxy) is 1. The Labute approximate surface area is 242 Å². The first kappa shape index (κ1) is 28.2. The van der Waals surface area contributed by atoms with Crippen LogP contribution in [0.3, 0.4) is 0 Å². The highest BCUT2D eigenvalue weighted by Gasteiger charge is 2.35. The number of hydrogen-bond donors (Lipinski definition) is 0. The fourth-order valence-corrected chi connectivity index (χ4v) is 5.03. The van der Waals surface area contributed by atoms with Crippen molar-refractivity contribution in [3.05, 3.63) is 80.6 Å². The zero-order chi connectivity index (χ0) is 30.6. The molecule has 1 aliphatic carbocycles. The van der Waals surface area contributed by atoms with E-state index in [1.54, 1.807) is 38.1 Å². The Kier molecular flexibility index (Phi) is 6.86. The van der Waals surface area contributed by atoms with Crippen LogP contribution in [0, 0.1) is 0 Å². The SMILES string of the molecule is COc1ncnc(C2CC2)c1-c1ncc2c(n1)n(Cc1ccc(-c3nc(C(F)(F)F)cn3C(C)C)cc1)c(=O)c(=O)n2C. The molecular weight excluding hydrogens is 565 g/mol. The van der Waals surface area contributed by atoms with E-state index in [9.17, 15) is 22.8 Å². The summed E-state index contributed by atoms with van der Waals surface area (Å²) in [7, 11) is 2.96. The van der Waals surface area contributed by atoms with Crippen LogP contribution in [0.1, 0.15) is 55.6 Å². The maximum Gasteiger partial charge on any atom is 0.434 e. The molecule has 0 unspecified atom stereocenters. The van der Waals surface area contributed by atoms with Crippen LogP contribution in [0.5, 0.6) is 5.88 Å². The molecule has 1 aromatic carbocycles. The van der Waals surface area contributed by atoms with E-state index < -0.39 is 23.0 Å². The summed E-state index contributed by atoms with van der Waals surface area (Å²) in [6.45, 7) is 3.52. The van der Waals surface area contributed by atoms with Crippen LogP contribution >= 0.6 is 0 Å². The Balaban J connectivity index is 1.44. The van der Waals surface area contributed by atoms with E-state index in [1.807, 2.05) is 0 Å². The van der Waals surface area contributed by atoms with Crippen molar-refractivity contribution in [2.75, 3.05) is 7.11 Å². The lowest BCUT2D eigenvalue weighted by Gasteiger charge is -2.15. The molecule has 11 nitrogen and oxygen atoms in total. The molecule has 1 fully saturated rings. The van der Waals surface area contributed by atoms with Crippen LogP contribution in [0.25, 0.3) is 33.9 Å². The standard InChI is InChI=1S/C29H27F3N8O3/c1-15(2)39-13-20(29(30,31)32)36-24(39)18-7-5-16(6-8-18)12-40-25-19(38(3)27(41)28(40)42)11-33-23(37-25)21-22(17-9-10-17)34-14-35-26(21)43-4/h5-8,11,13-15,17H,9-10,12H2,1-4H3. The van der Waals surface area contributed by atoms with Crippen LogP contribution in [0.2, 0.25) is 0 Å². The van der Waals surface area contributed by atoms with Gasteiger partial charge in [0.05, 0.1) is 25.5 Å². The smallest absolute Gasteiger partial charge is 0.434 e. The molecule has 4 heterocycles. The van der Waals surface area contributed by atoms with Crippen LogP contribution in [0.15, 0.2) is 52.6 Å². The molecule has 0 amide bonds. The number of hydrogen-bond acceptors (Lipinski definition) is 8. The van der Waals surface area contributed by atoms with E-state index in [1.165, 1.54) is 40.4 Å². The Morgan fingerprint density at radius 2 is 1.74 bits per heavy atom. The molecule has 43 heavy (non-hydrogen) atoms. The molecule has 0 aliphatic heterocycles. The van der Waals surface area contributed by atoms with Gasteiger partial charge in [0, 0.05) is 30.8 Å². The van der Waals surface area contributed by atoms with E-state index in [0.717, 1.165) is 24.7 Å². The fraction of sp³-hybridized carbons (Fsp3) is 0.345. The van der Waals surface area contributed by atoms with Gasteiger partial charge in [-0.15, -0.1) is 0 Å². The van der Waals surface area contributed by atoms with Crippen LogP contribution < -0.4 is 15.9 Å². The number of aromatic nitrogens is 8. The number of halogens is 3. The van der Waals surface area contributed by atoms with Crippen molar-refractivity contribution in [2.45, 2.75) is 51.4 Å². The van der Waals surface area contributed by atoms with E-state index in [2.05, 4.69) is 19.9 Å². The highest BCUT2D eigenvalue weighted by atomic mass is 19.4. The fourth-order valence-electron chi connectivity index (χ4n) is 5.03.